The number of pyridine rings is 1. The minimum absolute atomic E-state index is 0.300. The molecule has 3 rings (SSSR count). The van der Waals surface area contributed by atoms with Crippen molar-refractivity contribution in [2.24, 2.45) is 0 Å². The SMILES string of the molecule is Cc1c(-c2ccc(-c3ccccc3F)cc2)ccn(C(=O)O)c1=O. The van der Waals surface area contributed by atoms with Crippen molar-refractivity contribution in [3.63, 3.8) is 0 Å². The first-order valence-electron chi connectivity index (χ1n) is 7.30. The molecule has 0 aliphatic rings. The van der Waals surface area contributed by atoms with E-state index in [1.807, 2.05) is 0 Å². The fourth-order valence-corrected chi connectivity index (χ4v) is 2.63. The average molecular weight is 323 g/mol. The first kappa shape index (κ1) is 15.7. The maximum Gasteiger partial charge on any atom is 0.418 e. The van der Waals surface area contributed by atoms with E-state index in [4.69, 9.17) is 5.11 Å². The zero-order valence-electron chi connectivity index (χ0n) is 12.9. The number of benzene rings is 2. The number of aromatic nitrogens is 1. The fraction of sp³-hybridized carbons (Fsp3) is 0.0526. The predicted octanol–water partition coefficient (Wildman–Crippen LogP) is 4.16. The Morgan fingerprint density at radius 2 is 1.54 bits per heavy atom. The number of rotatable bonds is 2. The normalized spacial score (nSPS) is 10.6. The Morgan fingerprint density at radius 1 is 0.958 bits per heavy atom. The summed E-state index contributed by atoms with van der Waals surface area (Å²) in [5.74, 6) is -0.300. The number of carboxylic acid groups (broad SMARTS) is 1. The molecule has 5 heteroatoms. The number of halogens is 1. The van der Waals surface area contributed by atoms with Crippen LogP contribution in [0.25, 0.3) is 22.3 Å². The van der Waals surface area contributed by atoms with E-state index in [-0.39, 0.29) is 5.82 Å². The lowest BCUT2D eigenvalue weighted by atomic mass is 9.98. The van der Waals surface area contributed by atoms with Gasteiger partial charge in [-0.1, -0.05) is 42.5 Å². The summed E-state index contributed by atoms with van der Waals surface area (Å²) in [6, 6.07) is 15.2. The standard InChI is InChI=1S/C19H14FNO3/c1-12-15(10-11-21(18(12)22)19(23)24)13-6-8-14(9-7-13)16-4-2-3-5-17(16)20/h2-11H,1H3,(H,23,24). The van der Waals surface area contributed by atoms with Gasteiger partial charge in [0, 0.05) is 17.3 Å². The molecule has 1 aromatic heterocycles. The van der Waals surface area contributed by atoms with Crippen molar-refractivity contribution in [3.05, 3.63) is 82.5 Å². The van der Waals surface area contributed by atoms with Gasteiger partial charge < -0.3 is 5.11 Å². The van der Waals surface area contributed by atoms with E-state index in [0.29, 0.717) is 21.3 Å². The highest BCUT2D eigenvalue weighted by Gasteiger charge is 2.12. The number of carbonyl (C=O) groups is 1. The van der Waals surface area contributed by atoms with E-state index < -0.39 is 11.7 Å². The minimum Gasteiger partial charge on any atom is -0.464 e. The average Bonchev–Trinajstić information content (AvgIpc) is 2.58. The van der Waals surface area contributed by atoms with Crippen LogP contribution in [0.15, 0.2) is 65.6 Å². The van der Waals surface area contributed by atoms with Gasteiger partial charge in [0.25, 0.3) is 5.56 Å². The first-order valence-corrected chi connectivity index (χ1v) is 7.30. The smallest absolute Gasteiger partial charge is 0.418 e. The molecule has 0 radical (unpaired) electrons. The molecule has 120 valence electrons. The van der Waals surface area contributed by atoms with E-state index in [9.17, 15) is 14.0 Å². The van der Waals surface area contributed by atoms with Gasteiger partial charge in [-0.05, 0) is 35.7 Å². The zero-order valence-corrected chi connectivity index (χ0v) is 12.9. The van der Waals surface area contributed by atoms with Crippen LogP contribution in [0.1, 0.15) is 5.56 Å². The molecule has 0 spiro atoms. The van der Waals surface area contributed by atoms with Crippen LogP contribution in [-0.2, 0) is 0 Å². The number of hydrogen-bond acceptors (Lipinski definition) is 2. The Labute approximate surface area is 137 Å². The molecule has 4 nitrogen and oxygen atoms in total. The van der Waals surface area contributed by atoms with Crippen molar-refractivity contribution in [2.75, 3.05) is 0 Å². The quantitative estimate of drug-likeness (QED) is 0.770. The molecule has 0 bridgehead atoms. The molecule has 0 atom stereocenters. The molecule has 1 heterocycles. The van der Waals surface area contributed by atoms with Crippen LogP contribution in [0.5, 0.6) is 0 Å². The highest BCUT2D eigenvalue weighted by molar-refractivity contribution is 5.74. The molecule has 2 aromatic carbocycles. The Morgan fingerprint density at radius 3 is 2.12 bits per heavy atom. The van der Waals surface area contributed by atoms with Gasteiger partial charge >= 0.3 is 6.09 Å². The van der Waals surface area contributed by atoms with Crippen molar-refractivity contribution >= 4 is 6.09 Å². The van der Waals surface area contributed by atoms with E-state index in [1.165, 1.54) is 12.3 Å². The van der Waals surface area contributed by atoms with E-state index in [2.05, 4.69) is 0 Å². The summed E-state index contributed by atoms with van der Waals surface area (Å²) in [4.78, 5) is 23.1. The van der Waals surface area contributed by atoms with E-state index in [1.54, 1.807) is 55.5 Å². The van der Waals surface area contributed by atoms with Gasteiger partial charge in [0.05, 0.1) is 0 Å². The zero-order chi connectivity index (χ0) is 17.3. The number of nitrogens with zero attached hydrogens (tertiary/aromatic N) is 1. The maximum atomic E-state index is 13.8. The predicted molar refractivity (Wildman–Crippen MR) is 89.7 cm³/mol. The Hall–Kier alpha value is -3.21. The van der Waals surface area contributed by atoms with Gasteiger partial charge in [0.2, 0.25) is 0 Å². The van der Waals surface area contributed by atoms with Crippen molar-refractivity contribution in [1.82, 2.24) is 4.57 Å². The van der Waals surface area contributed by atoms with Crippen LogP contribution < -0.4 is 5.56 Å². The van der Waals surface area contributed by atoms with Crippen LogP contribution in [-0.4, -0.2) is 15.8 Å². The molecule has 0 saturated heterocycles. The Balaban J connectivity index is 2.03. The second-order valence-corrected chi connectivity index (χ2v) is 5.37. The lowest BCUT2D eigenvalue weighted by molar-refractivity contribution is 0.195. The third kappa shape index (κ3) is 2.72. The number of hydrogen-bond donors (Lipinski definition) is 1. The molecule has 0 aliphatic heterocycles. The van der Waals surface area contributed by atoms with Crippen LogP contribution in [0.4, 0.5) is 9.18 Å². The molecule has 0 unspecified atom stereocenters. The largest absolute Gasteiger partial charge is 0.464 e. The molecular weight excluding hydrogens is 309 g/mol. The van der Waals surface area contributed by atoms with Crippen LogP contribution in [0.3, 0.4) is 0 Å². The second-order valence-electron chi connectivity index (χ2n) is 5.37. The third-order valence-electron chi connectivity index (χ3n) is 3.92. The second kappa shape index (κ2) is 6.12. The fourth-order valence-electron chi connectivity index (χ4n) is 2.63. The summed E-state index contributed by atoms with van der Waals surface area (Å²) >= 11 is 0. The van der Waals surface area contributed by atoms with Crippen molar-refractivity contribution in [3.8, 4) is 22.3 Å². The topological polar surface area (TPSA) is 59.3 Å². The van der Waals surface area contributed by atoms with E-state index >= 15 is 0 Å². The van der Waals surface area contributed by atoms with Gasteiger partial charge in [-0.2, -0.15) is 0 Å². The Kier molecular flexibility index (Phi) is 4.00. The lowest BCUT2D eigenvalue weighted by Crippen LogP contribution is -2.27. The molecule has 3 aromatic rings. The Bertz CT molecular complexity index is 975. The maximum absolute atomic E-state index is 13.8. The monoisotopic (exact) mass is 323 g/mol. The third-order valence-corrected chi connectivity index (χ3v) is 3.92. The summed E-state index contributed by atoms with van der Waals surface area (Å²) in [5, 5.41) is 8.97. The molecule has 0 amide bonds. The summed E-state index contributed by atoms with van der Waals surface area (Å²) in [5.41, 5.74) is 2.42. The summed E-state index contributed by atoms with van der Waals surface area (Å²) in [6.45, 7) is 1.59. The molecule has 0 fully saturated rings. The molecule has 1 N–H and O–H groups in total. The first-order chi connectivity index (χ1) is 11.5. The highest BCUT2D eigenvalue weighted by Crippen LogP contribution is 2.27. The van der Waals surface area contributed by atoms with Crippen molar-refractivity contribution in [2.45, 2.75) is 6.92 Å². The summed E-state index contributed by atoms with van der Waals surface area (Å²) in [6.07, 6.45) is -0.0813. The minimum atomic E-state index is -1.32. The van der Waals surface area contributed by atoms with Gasteiger partial charge in [0.1, 0.15) is 5.82 Å². The van der Waals surface area contributed by atoms with Crippen LogP contribution in [0, 0.1) is 12.7 Å². The van der Waals surface area contributed by atoms with Crippen molar-refractivity contribution in [1.29, 1.82) is 0 Å². The van der Waals surface area contributed by atoms with Gasteiger partial charge in [-0.25, -0.2) is 13.8 Å². The van der Waals surface area contributed by atoms with E-state index in [0.717, 1.165) is 11.1 Å². The lowest BCUT2D eigenvalue weighted by Gasteiger charge is -2.09. The van der Waals surface area contributed by atoms with Crippen LogP contribution >= 0.6 is 0 Å². The molecule has 0 saturated carbocycles. The molecule has 24 heavy (non-hydrogen) atoms. The summed E-state index contributed by atoms with van der Waals surface area (Å²) < 4.78 is 14.5. The molecule has 0 aliphatic carbocycles. The van der Waals surface area contributed by atoms with Gasteiger partial charge in [0.15, 0.2) is 0 Å². The van der Waals surface area contributed by atoms with Crippen LogP contribution in [0.2, 0.25) is 0 Å². The summed E-state index contributed by atoms with van der Waals surface area (Å²) in [7, 11) is 0. The van der Waals surface area contributed by atoms with Gasteiger partial charge in [-0.3, -0.25) is 4.79 Å². The molecular formula is C19H14FNO3. The highest BCUT2D eigenvalue weighted by atomic mass is 19.1. The van der Waals surface area contributed by atoms with Gasteiger partial charge in [-0.15, -0.1) is 0 Å². The van der Waals surface area contributed by atoms with Crippen molar-refractivity contribution < 1.29 is 14.3 Å².